The second kappa shape index (κ2) is 10.7. The van der Waals surface area contributed by atoms with Crippen LogP contribution in [0.5, 0.6) is 11.5 Å². The third kappa shape index (κ3) is 5.21. The number of carbonyl (C=O) groups is 1. The molecule has 4 heterocycles. The summed E-state index contributed by atoms with van der Waals surface area (Å²) < 4.78 is 37.1. The largest absolute Gasteiger partial charge is 0.497 e. The lowest BCUT2D eigenvalue weighted by molar-refractivity contribution is 0.0748. The van der Waals surface area contributed by atoms with Crippen molar-refractivity contribution < 1.29 is 22.7 Å². The van der Waals surface area contributed by atoms with E-state index in [1.807, 2.05) is 66.4 Å². The lowest BCUT2D eigenvalue weighted by Crippen LogP contribution is -2.48. The average molecular weight is 576 g/mol. The van der Waals surface area contributed by atoms with E-state index in [1.54, 1.807) is 18.9 Å². The zero-order valence-electron chi connectivity index (χ0n) is 23.4. The van der Waals surface area contributed by atoms with E-state index >= 15 is 0 Å². The first-order chi connectivity index (χ1) is 19.8. The highest BCUT2D eigenvalue weighted by atomic mass is 32.2. The lowest BCUT2D eigenvalue weighted by Gasteiger charge is -2.36. The van der Waals surface area contributed by atoms with Crippen molar-refractivity contribution in [2.24, 2.45) is 0 Å². The minimum absolute atomic E-state index is 0.0187. The molecule has 0 N–H and O–H groups in total. The van der Waals surface area contributed by atoms with Crippen molar-refractivity contribution in [1.82, 2.24) is 19.7 Å². The third-order valence-corrected chi connectivity index (χ3v) is 9.74. The molecule has 2 aromatic carbocycles. The molecule has 214 valence electrons. The van der Waals surface area contributed by atoms with Crippen LogP contribution in [-0.2, 0) is 9.84 Å². The Hall–Kier alpha value is -4.12. The molecule has 0 saturated carbocycles. The summed E-state index contributed by atoms with van der Waals surface area (Å²) in [4.78, 5) is 23.2. The van der Waals surface area contributed by atoms with Crippen LogP contribution in [0.15, 0.2) is 54.6 Å². The summed E-state index contributed by atoms with van der Waals surface area (Å²) in [6.45, 7) is 4.39. The van der Waals surface area contributed by atoms with Crippen LogP contribution in [-0.4, -0.2) is 85.9 Å². The standard InChI is InChI=1S/C30H33N5O5S/c1-20-28-26(30(36)34-14-12-33(13-15-34)22-7-9-24(39-2)10-8-22)18-27(21-5-4-6-25(17-21)40-3)31-29(28)35(32-20)23-11-16-41(37,38)19-23/h4-10,17-18,23H,11-16,19H2,1-3H3. The predicted octanol–water partition coefficient (Wildman–Crippen LogP) is 3.75. The Morgan fingerprint density at radius 3 is 2.34 bits per heavy atom. The first-order valence-corrected chi connectivity index (χ1v) is 15.5. The topological polar surface area (TPSA) is 107 Å². The highest BCUT2D eigenvalue weighted by Gasteiger charge is 2.33. The van der Waals surface area contributed by atoms with Crippen molar-refractivity contribution in [3.8, 4) is 22.8 Å². The molecule has 41 heavy (non-hydrogen) atoms. The van der Waals surface area contributed by atoms with Gasteiger partial charge in [-0.2, -0.15) is 5.10 Å². The Labute approximate surface area is 239 Å². The van der Waals surface area contributed by atoms with E-state index in [0.29, 0.717) is 66.3 Å². The lowest BCUT2D eigenvalue weighted by atomic mass is 10.0. The smallest absolute Gasteiger partial charge is 0.254 e. The van der Waals surface area contributed by atoms with Crippen molar-refractivity contribution in [1.29, 1.82) is 0 Å². The van der Waals surface area contributed by atoms with Crippen LogP contribution in [0.1, 0.15) is 28.5 Å². The Morgan fingerprint density at radius 2 is 1.68 bits per heavy atom. The Bertz CT molecular complexity index is 1710. The highest BCUT2D eigenvalue weighted by molar-refractivity contribution is 7.91. The van der Waals surface area contributed by atoms with Gasteiger partial charge in [0.1, 0.15) is 11.5 Å². The fourth-order valence-electron chi connectivity index (χ4n) is 5.77. The van der Waals surface area contributed by atoms with Gasteiger partial charge in [-0.15, -0.1) is 0 Å². The van der Waals surface area contributed by atoms with Crippen LogP contribution in [0, 0.1) is 6.92 Å². The van der Waals surface area contributed by atoms with Crippen LogP contribution >= 0.6 is 0 Å². The van der Waals surface area contributed by atoms with E-state index in [-0.39, 0.29) is 23.5 Å². The number of sulfone groups is 1. The summed E-state index contributed by atoms with van der Waals surface area (Å²) >= 11 is 0. The zero-order chi connectivity index (χ0) is 28.7. The number of fused-ring (bicyclic) bond motifs is 1. The summed E-state index contributed by atoms with van der Waals surface area (Å²) in [6, 6.07) is 17.0. The summed E-state index contributed by atoms with van der Waals surface area (Å²) in [5, 5.41) is 5.41. The predicted molar refractivity (Wildman–Crippen MR) is 158 cm³/mol. The molecule has 0 spiro atoms. The minimum atomic E-state index is -3.14. The number of aryl methyl sites for hydroxylation is 1. The molecule has 2 aromatic heterocycles. The molecule has 0 aliphatic carbocycles. The van der Waals surface area contributed by atoms with Gasteiger partial charge in [0.2, 0.25) is 0 Å². The van der Waals surface area contributed by atoms with Gasteiger partial charge < -0.3 is 19.3 Å². The van der Waals surface area contributed by atoms with Crippen LogP contribution in [0.25, 0.3) is 22.3 Å². The van der Waals surface area contributed by atoms with Gasteiger partial charge in [0, 0.05) is 37.4 Å². The molecule has 0 bridgehead atoms. The van der Waals surface area contributed by atoms with E-state index in [1.165, 1.54) is 0 Å². The van der Waals surface area contributed by atoms with E-state index < -0.39 is 9.84 Å². The Kier molecular flexibility index (Phi) is 7.06. The number of anilines is 1. The van der Waals surface area contributed by atoms with E-state index in [9.17, 15) is 13.2 Å². The van der Waals surface area contributed by atoms with Gasteiger partial charge in [-0.05, 0) is 55.8 Å². The fraction of sp³-hybridized carbons (Fsp3) is 0.367. The molecule has 6 rings (SSSR count). The fourth-order valence-corrected chi connectivity index (χ4v) is 7.46. The third-order valence-electron chi connectivity index (χ3n) is 7.99. The molecular formula is C30H33N5O5S. The molecule has 2 fully saturated rings. The van der Waals surface area contributed by atoms with Crippen LogP contribution < -0.4 is 14.4 Å². The molecule has 0 radical (unpaired) electrons. The van der Waals surface area contributed by atoms with Crippen molar-refractivity contribution >= 4 is 32.5 Å². The number of amides is 1. The second-order valence-corrected chi connectivity index (χ2v) is 12.8. The van der Waals surface area contributed by atoms with Crippen molar-refractivity contribution in [2.75, 3.05) is 56.8 Å². The molecule has 2 aliphatic heterocycles. The number of hydrogen-bond donors (Lipinski definition) is 0. The molecular weight excluding hydrogens is 542 g/mol. The molecule has 10 nitrogen and oxygen atoms in total. The summed E-state index contributed by atoms with van der Waals surface area (Å²) in [6.07, 6.45) is 0.472. The van der Waals surface area contributed by atoms with Gasteiger partial charge in [0.25, 0.3) is 5.91 Å². The van der Waals surface area contributed by atoms with Gasteiger partial charge in [0.15, 0.2) is 15.5 Å². The van der Waals surface area contributed by atoms with Crippen molar-refractivity contribution in [2.45, 2.75) is 19.4 Å². The normalized spacial score (nSPS) is 18.6. The number of nitrogens with zero attached hydrogens (tertiary/aromatic N) is 5. The molecule has 4 aromatic rings. The van der Waals surface area contributed by atoms with E-state index in [0.717, 1.165) is 17.0 Å². The van der Waals surface area contributed by atoms with Gasteiger partial charge in [0.05, 0.1) is 54.1 Å². The van der Waals surface area contributed by atoms with Crippen LogP contribution in [0.2, 0.25) is 0 Å². The zero-order valence-corrected chi connectivity index (χ0v) is 24.2. The maximum Gasteiger partial charge on any atom is 0.254 e. The molecule has 1 atom stereocenters. The Balaban J connectivity index is 1.37. The Morgan fingerprint density at radius 1 is 0.951 bits per heavy atom. The molecule has 11 heteroatoms. The molecule has 1 unspecified atom stereocenters. The molecule has 2 aliphatic rings. The summed E-state index contributed by atoms with van der Waals surface area (Å²) in [5.74, 6) is 1.54. The average Bonchev–Trinajstić information content (AvgIpc) is 3.54. The number of hydrogen-bond acceptors (Lipinski definition) is 8. The maximum absolute atomic E-state index is 14.1. The van der Waals surface area contributed by atoms with Gasteiger partial charge in [-0.1, -0.05) is 12.1 Å². The highest BCUT2D eigenvalue weighted by Crippen LogP contribution is 2.33. The number of aromatic nitrogens is 3. The number of carbonyl (C=O) groups excluding carboxylic acids is 1. The number of ether oxygens (including phenoxy) is 2. The van der Waals surface area contributed by atoms with Gasteiger partial charge in [-0.3, -0.25) is 4.79 Å². The van der Waals surface area contributed by atoms with Crippen molar-refractivity contribution in [3.05, 3.63) is 65.9 Å². The minimum Gasteiger partial charge on any atom is -0.497 e. The number of pyridine rings is 1. The van der Waals surface area contributed by atoms with E-state index in [4.69, 9.17) is 19.6 Å². The first kappa shape index (κ1) is 27.1. The number of piperazine rings is 1. The van der Waals surface area contributed by atoms with Crippen LogP contribution in [0.3, 0.4) is 0 Å². The monoisotopic (exact) mass is 575 g/mol. The molecule has 1 amide bonds. The summed E-state index contributed by atoms with van der Waals surface area (Å²) in [7, 11) is 0.113. The van der Waals surface area contributed by atoms with Gasteiger partial charge in [-0.25, -0.2) is 18.1 Å². The SMILES string of the molecule is COc1ccc(N2CCN(C(=O)c3cc(-c4cccc(OC)c4)nc4c3c(C)nn4C3CCS(=O)(=O)C3)CC2)cc1. The number of rotatable bonds is 6. The van der Waals surface area contributed by atoms with Crippen molar-refractivity contribution in [3.63, 3.8) is 0 Å². The van der Waals surface area contributed by atoms with Crippen LogP contribution in [0.4, 0.5) is 5.69 Å². The maximum atomic E-state index is 14.1. The van der Waals surface area contributed by atoms with E-state index in [2.05, 4.69) is 4.90 Å². The second-order valence-electron chi connectivity index (χ2n) is 10.5. The summed E-state index contributed by atoms with van der Waals surface area (Å²) in [5.41, 5.74) is 4.22. The first-order valence-electron chi connectivity index (χ1n) is 13.7. The molecule has 2 saturated heterocycles. The number of benzene rings is 2. The van der Waals surface area contributed by atoms with Gasteiger partial charge >= 0.3 is 0 Å². The number of methoxy groups -OCH3 is 2. The quantitative estimate of drug-likeness (QED) is 0.342.